The summed E-state index contributed by atoms with van der Waals surface area (Å²) in [5.41, 5.74) is 1.12. The number of aryl methyl sites for hydroxylation is 1. The Morgan fingerprint density at radius 1 is 0.952 bits per heavy atom. The fourth-order valence-corrected chi connectivity index (χ4v) is 2.25. The van der Waals surface area contributed by atoms with Gasteiger partial charge in [-0.2, -0.15) is 0 Å². The molecule has 3 aromatic rings. The van der Waals surface area contributed by atoms with Gasteiger partial charge in [0.15, 0.2) is 0 Å². The molecule has 0 aliphatic carbocycles. The zero-order chi connectivity index (χ0) is 14.8. The second kappa shape index (κ2) is 5.29. The van der Waals surface area contributed by atoms with Crippen LogP contribution in [0.4, 0.5) is 0 Å². The van der Waals surface area contributed by atoms with E-state index in [2.05, 4.69) is 0 Å². The second-order valence-electron chi connectivity index (χ2n) is 4.92. The summed E-state index contributed by atoms with van der Waals surface area (Å²) in [6, 6.07) is 18.7. The molecule has 0 unspecified atom stereocenters. The first-order valence-electron chi connectivity index (χ1n) is 6.64. The van der Waals surface area contributed by atoms with Gasteiger partial charge in [-0.05, 0) is 47.5 Å². The highest BCUT2D eigenvalue weighted by atomic mass is 16.5. The summed E-state index contributed by atoms with van der Waals surface area (Å²) >= 11 is 0. The van der Waals surface area contributed by atoms with Gasteiger partial charge < -0.3 is 9.84 Å². The molecule has 3 aromatic carbocycles. The first kappa shape index (κ1) is 13.2. The van der Waals surface area contributed by atoms with Gasteiger partial charge in [0.25, 0.3) is 0 Å². The predicted octanol–water partition coefficient (Wildman–Crippen LogP) is 4.64. The van der Waals surface area contributed by atoms with Crippen LogP contribution in [-0.2, 0) is 0 Å². The second-order valence-corrected chi connectivity index (χ2v) is 4.92. The van der Waals surface area contributed by atoms with Crippen LogP contribution in [0.3, 0.4) is 0 Å². The molecule has 0 heterocycles. The number of carboxylic acids is 1. The summed E-state index contributed by atoms with van der Waals surface area (Å²) in [7, 11) is 0. The molecule has 3 rings (SSSR count). The maximum absolute atomic E-state index is 11.3. The van der Waals surface area contributed by atoms with Crippen molar-refractivity contribution >= 4 is 16.7 Å². The Morgan fingerprint density at radius 3 is 2.48 bits per heavy atom. The van der Waals surface area contributed by atoms with Gasteiger partial charge in [0, 0.05) is 0 Å². The zero-order valence-electron chi connectivity index (χ0n) is 11.5. The molecule has 21 heavy (non-hydrogen) atoms. The molecule has 0 aromatic heterocycles. The maximum atomic E-state index is 11.3. The van der Waals surface area contributed by atoms with E-state index < -0.39 is 5.97 Å². The lowest BCUT2D eigenvalue weighted by Crippen LogP contribution is -2.00. The number of ether oxygens (including phenoxy) is 1. The van der Waals surface area contributed by atoms with Gasteiger partial charge in [-0.3, -0.25) is 0 Å². The number of carbonyl (C=O) groups is 1. The summed E-state index contributed by atoms with van der Waals surface area (Å²) in [4.78, 5) is 11.3. The van der Waals surface area contributed by atoms with Crippen molar-refractivity contribution in [3.63, 3.8) is 0 Å². The van der Waals surface area contributed by atoms with Crippen LogP contribution in [0, 0.1) is 6.92 Å². The van der Waals surface area contributed by atoms with E-state index in [1.54, 1.807) is 18.2 Å². The molecule has 0 atom stereocenters. The normalized spacial score (nSPS) is 10.5. The average Bonchev–Trinajstić information content (AvgIpc) is 2.47. The van der Waals surface area contributed by atoms with Crippen molar-refractivity contribution in [2.24, 2.45) is 0 Å². The number of benzene rings is 3. The molecule has 1 N–H and O–H groups in total. The van der Waals surface area contributed by atoms with Crippen LogP contribution in [0.2, 0.25) is 0 Å². The van der Waals surface area contributed by atoms with E-state index in [0.717, 1.165) is 16.3 Å². The quantitative estimate of drug-likeness (QED) is 0.759. The number of fused-ring (bicyclic) bond motifs is 1. The molecule has 0 radical (unpaired) electrons. The van der Waals surface area contributed by atoms with E-state index in [1.807, 2.05) is 49.4 Å². The first-order valence-corrected chi connectivity index (χ1v) is 6.64. The Hall–Kier alpha value is -2.81. The van der Waals surface area contributed by atoms with Crippen molar-refractivity contribution in [3.8, 4) is 11.5 Å². The topological polar surface area (TPSA) is 46.5 Å². The van der Waals surface area contributed by atoms with E-state index in [1.165, 1.54) is 0 Å². The number of hydrogen-bond acceptors (Lipinski definition) is 2. The van der Waals surface area contributed by atoms with Crippen LogP contribution in [0.15, 0.2) is 60.7 Å². The molecular weight excluding hydrogens is 264 g/mol. The van der Waals surface area contributed by atoms with Crippen LogP contribution in [0.1, 0.15) is 15.9 Å². The van der Waals surface area contributed by atoms with Gasteiger partial charge in [-0.1, -0.05) is 36.4 Å². The minimum Gasteiger partial charge on any atom is -0.478 e. The summed E-state index contributed by atoms with van der Waals surface area (Å²) < 4.78 is 5.78. The molecule has 0 saturated heterocycles. The fraction of sp³-hybridized carbons (Fsp3) is 0.0556. The van der Waals surface area contributed by atoms with Crippen LogP contribution >= 0.6 is 0 Å². The van der Waals surface area contributed by atoms with E-state index in [9.17, 15) is 9.90 Å². The highest BCUT2D eigenvalue weighted by molar-refractivity contribution is 5.91. The van der Waals surface area contributed by atoms with E-state index in [4.69, 9.17) is 4.74 Å². The summed E-state index contributed by atoms with van der Waals surface area (Å²) in [6.45, 7) is 1.90. The van der Waals surface area contributed by atoms with Crippen molar-refractivity contribution < 1.29 is 14.6 Å². The zero-order valence-corrected chi connectivity index (χ0v) is 11.5. The molecule has 0 aliphatic rings. The molecule has 3 heteroatoms. The van der Waals surface area contributed by atoms with Gasteiger partial charge in [0.1, 0.15) is 17.1 Å². The van der Waals surface area contributed by atoms with Gasteiger partial charge in [-0.15, -0.1) is 0 Å². The molecule has 0 spiro atoms. The number of aromatic carboxylic acids is 1. The van der Waals surface area contributed by atoms with Crippen LogP contribution in [-0.4, -0.2) is 11.1 Å². The van der Waals surface area contributed by atoms with Crippen LogP contribution in [0.5, 0.6) is 11.5 Å². The minimum absolute atomic E-state index is 0.161. The molecule has 104 valence electrons. The Labute approximate surface area is 122 Å². The SMILES string of the molecule is Cc1ccc(C(=O)O)c(Oc2ccc3ccccc3c2)c1. The van der Waals surface area contributed by atoms with Crippen molar-refractivity contribution in [1.82, 2.24) is 0 Å². The van der Waals surface area contributed by atoms with Crippen molar-refractivity contribution in [1.29, 1.82) is 0 Å². The van der Waals surface area contributed by atoms with E-state index in [-0.39, 0.29) is 5.56 Å². The lowest BCUT2D eigenvalue weighted by atomic mass is 10.1. The average molecular weight is 278 g/mol. The molecule has 0 aliphatic heterocycles. The lowest BCUT2D eigenvalue weighted by molar-refractivity contribution is 0.0694. The molecule has 0 saturated carbocycles. The van der Waals surface area contributed by atoms with E-state index >= 15 is 0 Å². The Morgan fingerprint density at radius 2 is 1.71 bits per heavy atom. The van der Waals surface area contributed by atoms with E-state index in [0.29, 0.717) is 11.5 Å². The van der Waals surface area contributed by atoms with Gasteiger partial charge in [0.2, 0.25) is 0 Å². The van der Waals surface area contributed by atoms with Gasteiger partial charge >= 0.3 is 5.97 Å². The van der Waals surface area contributed by atoms with Gasteiger partial charge in [0.05, 0.1) is 0 Å². The predicted molar refractivity (Wildman–Crippen MR) is 82.2 cm³/mol. The monoisotopic (exact) mass is 278 g/mol. The largest absolute Gasteiger partial charge is 0.478 e. The Bertz CT molecular complexity index is 822. The van der Waals surface area contributed by atoms with Crippen molar-refractivity contribution in [2.45, 2.75) is 6.92 Å². The summed E-state index contributed by atoms with van der Waals surface area (Å²) in [5.74, 6) is -0.00892. The molecule has 3 nitrogen and oxygen atoms in total. The highest BCUT2D eigenvalue weighted by Gasteiger charge is 2.12. The first-order chi connectivity index (χ1) is 10.1. The maximum Gasteiger partial charge on any atom is 0.339 e. The van der Waals surface area contributed by atoms with Crippen LogP contribution in [0.25, 0.3) is 10.8 Å². The third-order valence-corrected chi connectivity index (χ3v) is 3.32. The molecule has 0 bridgehead atoms. The molecule has 0 amide bonds. The Kier molecular flexibility index (Phi) is 3.32. The minimum atomic E-state index is -0.995. The van der Waals surface area contributed by atoms with Crippen LogP contribution < -0.4 is 4.74 Å². The lowest BCUT2D eigenvalue weighted by Gasteiger charge is -2.10. The Balaban J connectivity index is 2.02. The third kappa shape index (κ3) is 2.72. The fourth-order valence-electron chi connectivity index (χ4n) is 2.25. The molecule has 0 fully saturated rings. The van der Waals surface area contributed by atoms with Crippen molar-refractivity contribution in [2.75, 3.05) is 0 Å². The third-order valence-electron chi connectivity index (χ3n) is 3.32. The summed E-state index contributed by atoms with van der Waals surface area (Å²) in [5, 5.41) is 11.4. The highest BCUT2D eigenvalue weighted by Crippen LogP contribution is 2.29. The standard InChI is InChI=1S/C18H14O3/c1-12-6-9-16(18(19)20)17(10-12)21-15-8-7-13-4-2-3-5-14(13)11-15/h2-11H,1H3,(H,19,20). The molecular formula is C18H14O3. The number of carboxylic acid groups (broad SMARTS) is 1. The smallest absolute Gasteiger partial charge is 0.339 e. The summed E-state index contributed by atoms with van der Waals surface area (Å²) in [6.07, 6.45) is 0. The number of rotatable bonds is 3. The number of hydrogen-bond donors (Lipinski definition) is 1. The van der Waals surface area contributed by atoms with Crippen molar-refractivity contribution in [3.05, 3.63) is 71.8 Å². The van der Waals surface area contributed by atoms with Gasteiger partial charge in [-0.25, -0.2) is 4.79 Å².